The molecule has 0 fully saturated rings. The van der Waals surface area contributed by atoms with Gasteiger partial charge < -0.3 is 23.8 Å². The summed E-state index contributed by atoms with van der Waals surface area (Å²) in [6, 6.07) is 3.10. The number of nitrogens with one attached hydrogen (secondary N) is 1. The Morgan fingerprint density at radius 1 is 1.28 bits per heavy atom. The highest BCUT2D eigenvalue weighted by Crippen LogP contribution is 2.37. The summed E-state index contributed by atoms with van der Waals surface area (Å²) in [5.74, 6) is 0.440. The van der Waals surface area contributed by atoms with Gasteiger partial charge >= 0.3 is 6.09 Å². The molecule has 1 atom stereocenters. The molecule has 4 rings (SSSR count). The van der Waals surface area contributed by atoms with Crippen LogP contribution in [0.5, 0.6) is 0 Å². The second-order valence-corrected chi connectivity index (χ2v) is 17.1. The maximum absolute atomic E-state index is 12.4. The van der Waals surface area contributed by atoms with Crippen LogP contribution < -0.4 is 5.32 Å². The van der Waals surface area contributed by atoms with E-state index in [4.69, 9.17) is 13.9 Å². The minimum absolute atomic E-state index is 0.0121. The number of carbonyl (C=O) groups is 1. The molecular formula is C26H37N5O4Si. The number of pyridine rings is 1. The summed E-state index contributed by atoms with van der Waals surface area (Å²) in [6.07, 6.45) is 9.39. The molecule has 1 aliphatic carbocycles. The third-order valence-electron chi connectivity index (χ3n) is 6.01. The topological polar surface area (TPSA) is 104 Å². The van der Waals surface area contributed by atoms with Gasteiger partial charge in [-0.05, 0) is 63.3 Å². The van der Waals surface area contributed by atoms with Crippen LogP contribution in [0.3, 0.4) is 0 Å². The van der Waals surface area contributed by atoms with Crippen molar-refractivity contribution in [1.29, 1.82) is 0 Å². The van der Waals surface area contributed by atoms with E-state index in [0.717, 1.165) is 46.6 Å². The molecule has 0 spiro atoms. The Hall–Kier alpha value is -2.98. The first-order chi connectivity index (χ1) is 17.0. The number of fused-ring (bicyclic) bond motifs is 1. The van der Waals surface area contributed by atoms with Gasteiger partial charge in [0.1, 0.15) is 18.0 Å². The molecule has 0 bridgehead atoms. The third-order valence-corrected chi connectivity index (χ3v) is 7.72. The number of ether oxygens (including phenoxy) is 2. The summed E-state index contributed by atoms with van der Waals surface area (Å²) >= 11 is 0. The molecule has 1 unspecified atom stereocenters. The summed E-state index contributed by atoms with van der Waals surface area (Å²) in [7, 11) is -1.18. The van der Waals surface area contributed by atoms with Crippen molar-refractivity contribution in [2.45, 2.75) is 84.1 Å². The van der Waals surface area contributed by atoms with Gasteiger partial charge in [0.05, 0.1) is 5.56 Å². The van der Waals surface area contributed by atoms with Crippen LogP contribution in [0.4, 0.5) is 4.79 Å². The Kier molecular flexibility index (Phi) is 7.65. The zero-order valence-electron chi connectivity index (χ0n) is 22.1. The first-order valence-corrected chi connectivity index (χ1v) is 16.2. The molecule has 1 amide bonds. The van der Waals surface area contributed by atoms with Crippen LogP contribution in [-0.2, 0) is 16.2 Å². The van der Waals surface area contributed by atoms with Gasteiger partial charge in [-0.25, -0.2) is 9.78 Å². The van der Waals surface area contributed by atoms with Gasteiger partial charge in [0.25, 0.3) is 0 Å². The number of amides is 1. The van der Waals surface area contributed by atoms with Crippen LogP contribution in [0.25, 0.3) is 28.1 Å². The lowest BCUT2D eigenvalue weighted by Crippen LogP contribution is -2.39. The number of nitrogens with zero attached hydrogens (tertiary/aromatic N) is 4. The lowest BCUT2D eigenvalue weighted by Gasteiger charge is -2.26. The predicted molar refractivity (Wildman–Crippen MR) is 142 cm³/mol. The van der Waals surface area contributed by atoms with E-state index in [1.807, 2.05) is 43.8 Å². The number of hydrogen-bond acceptors (Lipinski definition) is 7. The molecule has 0 saturated heterocycles. The first kappa shape index (κ1) is 26.1. The summed E-state index contributed by atoms with van der Waals surface area (Å²) in [5, 5.41) is 12.0. The lowest BCUT2D eigenvalue weighted by molar-refractivity contribution is 0.0502. The predicted octanol–water partition coefficient (Wildman–Crippen LogP) is 5.86. The summed E-state index contributed by atoms with van der Waals surface area (Å²) in [6.45, 7) is 13.7. The second-order valence-electron chi connectivity index (χ2n) is 11.5. The Morgan fingerprint density at radius 2 is 2.08 bits per heavy atom. The highest BCUT2D eigenvalue weighted by atomic mass is 28.3. The van der Waals surface area contributed by atoms with E-state index in [2.05, 4.69) is 46.2 Å². The molecular weight excluding hydrogens is 474 g/mol. The third kappa shape index (κ3) is 6.61. The molecule has 1 aliphatic rings. The van der Waals surface area contributed by atoms with Gasteiger partial charge in [-0.3, -0.25) is 0 Å². The molecule has 194 valence electrons. The van der Waals surface area contributed by atoms with Crippen LogP contribution in [-0.4, -0.2) is 52.2 Å². The van der Waals surface area contributed by atoms with Gasteiger partial charge in [0.15, 0.2) is 0 Å². The van der Waals surface area contributed by atoms with Crippen molar-refractivity contribution in [3.63, 3.8) is 0 Å². The molecule has 3 heterocycles. The van der Waals surface area contributed by atoms with E-state index in [9.17, 15) is 4.79 Å². The Balaban J connectivity index is 1.61. The van der Waals surface area contributed by atoms with E-state index >= 15 is 0 Å². The maximum atomic E-state index is 12.4. The number of allylic oxidation sites excluding steroid dienone is 1. The van der Waals surface area contributed by atoms with Gasteiger partial charge in [0.2, 0.25) is 12.3 Å². The molecule has 1 N–H and O–H groups in total. The van der Waals surface area contributed by atoms with E-state index in [0.29, 0.717) is 25.6 Å². The fraction of sp³-hybridized carbons (Fsp3) is 0.538. The zero-order valence-corrected chi connectivity index (χ0v) is 23.1. The average Bonchev–Trinajstić information content (AvgIpc) is 3.43. The molecule has 3 aromatic heterocycles. The van der Waals surface area contributed by atoms with Crippen molar-refractivity contribution in [2.24, 2.45) is 0 Å². The zero-order chi connectivity index (χ0) is 25.9. The van der Waals surface area contributed by atoms with Crippen LogP contribution >= 0.6 is 0 Å². The summed E-state index contributed by atoms with van der Waals surface area (Å²) in [5.41, 5.74) is 3.28. The smallest absolute Gasteiger partial charge is 0.407 e. The highest BCUT2D eigenvalue weighted by molar-refractivity contribution is 6.76. The number of alkyl carbamates (subject to hydrolysis) is 1. The second kappa shape index (κ2) is 10.6. The minimum Gasteiger partial charge on any atom is -0.444 e. The number of hydrogen-bond donors (Lipinski definition) is 1. The molecule has 3 aromatic rings. The summed E-state index contributed by atoms with van der Waals surface area (Å²) < 4.78 is 19.1. The van der Waals surface area contributed by atoms with Crippen molar-refractivity contribution in [1.82, 2.24) is 25.1 Å². The van der Waals surface area contributed by atoms with Gasteiger partial charge in [0, 0.05) is 38.5 Å². The fourth-order valence-corrected chi connectivity index (χ4v) is 5.06. The van der Waals surface area contributed by atoms with Crippen LogP contribution in [0.1, 0.15) is 45.6 Å². The molecule has 0 aliphatic heterocycles. The normalized spacial score (nSPS) is 16.7. The molecule has 10 heteroatoms. The minimum atomic E-state index is -1.18. The molecule has 0 saturated carbocycles. The van der Waals surface area contributed by atoms with Crippen molar-refractivity contribution in [3.8, 4) is 11.5 Å². The van der Waals surface area contributed by atoms with E-state index in [1.54, 1.807) is 0 Å². The molecule has 36 heavy (non-hydrogen) atoms. The maximum Gasteiger partial charge on any atom is 0.407 e. The van der Waals surface area contributed by atoms with Crippen molar-refractivity contribution >= 4 is 30.8 Å². The quantitative estimate of drug-likeness (QED) is 0.298. The number of carbonyl (C=O) groups excluding carboxylic acids is 1. The Labute approximate surface area is 213 Å². The monoisotopic (exact) mass is 511 g/mol. The van der Waals surface area contributed by atoms with E-state index in [1.165, 1.54) is 6.39 Å². The SMILES string of the molecule is CC(C)(C)OC(=O)NC1CCC=C(c2ccnc3c2c(-c2nnco2)cn3COCC[Si](C)(C)C)C1. The van der Waals surface area contributed by atoms with Gasteiger partial charge in [-0.1, -0.05) is 25.7 Å². The van der Waals surface area contributed by atoms with Crippen LogP contribution in [0.15, 0.2) is 35.3 Å². The highest BCUT2D eigenvalue weighted by Gasteiger charge is 2.25. The number of rotatable bonds is 8. The first-order valence-electron chi connectivity index (χ1n) is 12.5. The van der Waals surface area contributed by atoms with Crippen molar-refractivity contribution < 1.29 is 18.7 Å². The molecule has 0 radical (unpaired) electrons. The fourth-order valence-electron chi connectivity index (χ4n) is 4.30. The van der Waals surface area contributed by atoms with Gasteiger partial charge in [-0.15, -0.1) is 10.2 Å². The largest absolute Gasteiger partial charge is 0.444 e. The average molecular weight is 512 g/mol. The van der Waals surface area contributed by atoms with Crippen molar-refractivity contribution in [2.75, 3.05) is 6.61 Å². The molecule has 0 aromatic carbocycles. The Bertz CT molecular complexity index is 1220. The van der Waals surface area contributed by atoms with Crippen molar-refractivity contribution in [3.05, 3.63) is 36.5 Å². The summed E-state index contributed by atoms with van der Waals surface area (Å²) in [4.78, 5) is 17.1. The standard InChI is InChI=1S/C26H37N5O4Si/c1-26(2,3)35-25(32)29-19-9-7-8-18(14-19)20-10-11-27-23-22(20)21(24-30-28-16-34-24)15-31(23)17-33-12-13-36(4,5)6/h8,10-11,15-16,19H,7,9,12-14,17H2,1-6H3,(H,29,32). The Morgan fingerprint density at radius 3 is 2.78 bits per heavy atom. The lowest BCUT2D eigenvalue weighted by atomic mass is 9.88. The number of aromatic nitrogens is 4. The van der Waals surface area contributed by atoms with E-state index < -0.39 is 13.7 Å². The molecule has 9 nitrogen and oxygen atoms in total. The van der Waals surface area contributed by atoms with Gasteiger partial charge in [-0.2, -0.15) is 0 Å². The van der Waals surface area contributed by atoms with E-state index in [-0.39, 0.29) is 12.1 Å². The van der Waals surface area contributed by atoms with Crippen LogP contribution in [0.2, 0.25) is 25.7 Å². The van der Waals surface area contributed by atoms with Crippen LogP contribution in [0, 0.1) is 0 Å².